The molecule has 1 aromatic rings. The van der Waals surface area contributed by atoms with Gasteiger partial charge in [0.2, 0.25) is 0 Å². The van der Waals surface area contributed by atoms with Crippen molar-refractivity contribution in [3.63, 3.8) is 0 Å². The van der Waals surface area contributed by atoms with Crippen LogP contribution in [0.2, 0.25) is 0 Å². The molecule has 1 aliphatic carbocycles. The third kappa shape index (κ3) is 6.08. The van der Waals surface area contributed by atoms with E-state index in [0.717, 1.165) is 11.4 Å². The highest BCUT2D eigenvalue weighted by molar-refractivity contribution is 5.89. The minimum absolute atomic E-state index is 0.366. The van der Waals surface area contributed by atoms with Crippen molar-refractivity contribution < 1.29 is 14.3 Å². The van der Waals surface area contributed by atoms with Crippen LogP contribution >= 0.6 is 0 Å². The lowest BCUT2D eigenvalue weighted by Crippen LogP contribution is -2.33. The van der Waals surface area contributed by atoms with Gasteiger partial charge in [0.15, 0.2) is 0 Å². The zero-order chi connectivity index (χ0) is 19.2. The van der Waals surface area contributed by atoms with Crippen molar-refractivity contribution in [2.75, 3.05) is 12.0 Å². The van der Waals surface area contributed by atoms with Gasteiger partial charge < -0.3 is 9.47 Å². The number of carbonyl (C=O) groups excluding carboxylic acids is 1. The van der Waals surface area contributed by atoms with Crippen LogP contribution < -0.4 is 9.64 Å². The Labute approximate surface area is 158 Å². The summed E-state index contributed by atoms with van der Waals surface area (Å²) in [5.74, 6) is 1.91. The van der Waals surface area contributed by atoms with Crippen molar-refractivity contribution in [1.82, 2.24) is 0 Å². The molecule has 1 atom stereocenters. The van der Waals surface area contributed by atoms with Crippen LogP contribution in [0.4, 0.5) is 10.5 Å². The van der Waals surface area contributed by atoms with Gasteiger partial charge in [0, 0.05) is 6.20 Å². The van der Waals surface area contributed by atoms with E-state index in [1.165, 1.54) is 32.1 Å². The zero-order valence-corrected chi connectivity index (χ0v) is 16.8. The van der Waals surface area contributed by atoms with E-state index in [1.807, 2.05) is 51.2 Å². The quantitative estimate of drug-likeness (QED) is 0.631. The van der Waals surface area contributed by atoms with Gasteiger partial charge in [-0.2, -0.15) is 0 Å². The average Bonchev–Trinajstić information content (AvgIpc) is 2.61. The van der Waals surface area contributed by atoms with E-state index in [2.05, 4.69) is 13.0 Å². The molecule has 0 N–H and O–H groups in total. The Balaban J connectivity index is 2.18. The number of benzene rings is 1. The fraction of sp³-hybridized carbons (Fsp3) is 0.591. The first kappa shape index (κ1) is 20.3. The fourth-order valence-corrected chi connectivity index (χ4v) is 3.35. The second kappa shape index (κ2) is 9.11. The molecule has 0 spiro atoms. The Morgan fingerprint density at radius 1 is 1.15 bits per heavy atom. The topological polar surface area (TPSA) is 38.8 Å². The molecular weight excluding hydrogens is 326 g/mol. The number of hydrogen-bond acceptors (Lipinski definition) is 3. The SMILES string of the molecule is COc1ccc(N(/C=C\[C@@H](C)C2CCCCC2)C(=O)OC(C)(C)C)cc1. The second-order valence-electron chi connectivity index (χ2n) is 8.15. The van der Waals surface area contributed by atoms with E-state index in [4.69, 9.17) is 9.47 Å². The van der Waals surface area contributed by atoms with Crippen LogP contribution in [-0.2, 0) is 4.74 Å². The maximum absolute atomic E-state index is 12.7. The molecule has 4 nitrogen and oxygen atoms in total. The molecule has 4 heteroatoms. The number of methoxy groups -OCH3 is 1. The summed E-state index contributed by atoms with van der Waals surface area (Å²) in [5, 5.41) is 0. The van der Waals surface area contributed by atoms with Gasteiger partial charge in [0.25, 0.3) is 0 Å². The van der Waals surface area contributed by atoms with Crippen LogP contribution in [0, 0.1) is 11.8 Å². The van der Waals surface area contributed by atoms with Crippen molar-refractivity contribution in [1.29, 1.82) is 0 Å². The number of rotatable bonds is 5. The van der Waals surface area contributed by atoms with Gasteiger partial charge in [0.05, 0.1) is 12.8 Å². The van der Waals surface area contributed by atoms with Gasteiger partial charge in [-0.3, -0.25) is 4.90 Å². The number of allylic oxidation sites excluding steroid dienone is 1. The molecule has 0 bridgehead atoms. The van der Waals surface area contributed by atoms with Gasteiger partial charge in [-0.05, 0) is 69.7 Å². The van der Waals surface area contributed by atoms with Gasteiger partial charge >= 0.3 is 6.09 Å². The predicted octanol–water partition coefficient (Wildman–Crippen LogP) is 6.17. The molecular formula is C22H33NO3. The summed E-state index contributed by atoms with van der Waals surface area (Å²) >= 11 is 0. The first-order valence-electron chi connectivity index (χ1n) is 9.65. The van der Waals surface area contributed by atoms with E-state index in [0.29, 0.717) is 11.8 Å². The summed E-state index contributed by atoms with van der Waals surface area (Å²) in [4.78, 5) is 14.3. The molecule has 1 amide bonds. The summed E-state index contributed by atoms with van der Waals surface area (Å²) < 4.78 is 10.8. The molecule has 0 radical (unpaired) electrons. The van der Waals surface area contributed by atoms with Crippen LogP contribution in [0.3, 0.4) is 0 Å². The maximum atomic E-state index is 12.7. The predicted molar refractivity (Wildman–Crippen MR) is 107 cm³/mol. The number of hydrogen-bond donors (Lipinski definition) is 0. The molecule has 0 heterocycles. The van der Waals surface area contributed by atoms with Gasteiger partial charge in [-0.15, -0.1) is 0 Å². The third-order valence-corrected chi connectivity index (χ3v) is 4.87. The lowest BCUT2D eigenvalue weighted by Gasteiger charge is -2.27. The van der Waals surface area contributed by atoms with E-state index in [1.54, 1.807) is 12.0 Å². The molecule has 0 aliphatic heterocycles. The number of carbonyl (C=O) groups is 1. The smallest absolute Gasteiger partial charge is 0.418 e. The molecule has 144 valence electrons. The second-order valence-corrected chi connectivity index (χ2v) is 8.15. The first-order valence-corrected chi connectivity index (χ1v) is 9.65. The highest BCUT2D eigenvalue weighted by atomic mass is 16.6. The van der Waals surface area contributed by atoms with Crippen LogP contribution in [0.15, 0.2) is 36.5 Å². The van der Waals surface area contributed by atoms with Gasteiger partial charge in [-0.1, -0.05) is 32.3 Å². The van der Waals surface area contributed by atoms with Crippen LogP contribution in [0.5, 0.6) is 5.75 Å². The van der Waals surface area contributed by atoms with E-state index in [-0.39, 0.29) is 6.09 Å². The summed E-state index contributed by atoms with van der Waals surface area (Å²) in [6, 6.07) is 7.45. The Kier molecular flexibility index (Phi) is 7.13. The number of amides is 1. The van der Waals surface area contributed by atoms with Crippen LogP contribution in [0.25, 0.3) is 0 Å². The third-order valence-electron chi connectivity index (χ3n) is 4.87. The first-order chi connectivity index (χ1) is 12.3. The molecule has 1 aliphatic rings. The minimum atomic E-state index is -0.537. The molecule has 26 heavy (non-hydrogen) atoms. The summed E-state index contributed by atoms with van der Waals surface area (Å²) in [6.07, 6.45) is 10.2. The van der Waals surface area contributed by atoms with Gasteiger partial charge in [0.1, 0.15) is 11.4 Å². The monoisotopic (exact) mass is 359 g/mol. The molecule has 1 saturated carbocycles. The molecule has 1 aromatic carbocycles. The summed E-state index contributed by atoms with van der Waals surface area (Å²) in [7, 11) is 1.63. The number of ether oxygens (including phenoxy) is 2. The highest BCUT2D eigenvalue weighted by Gasteiger charge is 2.23. The van der Waals surface area contributed by atoms with Crippen molar-refractivity contribution in [3.8, 4) is 5.75 Å². The van der Waals surface area contributed by atoms with E-state index >= 15 is 0 Å². The van der Waals surface area contributed by atoms with Crippen LogP contribution in [0.1, 0.15) is 59.8 Å². The normalized spacial score (nSPS) is 17.1. The minimum Gasteiger partial charge on any atom is -0.497 e. The average molecular weight is 360 g/mol. The molecule has 2 rings (SSSR count). The summed E-state index contributed by atoms with van der Waals surface area (Å²) in [6.45, 7) is 7.89. The van der Waals surface area contributed by atoms with Crippen molar-refractivity contribution >= 4 is 11.8 Å². The Morgan fingerprint density at radius 3 is 2.31 bits per heavy atom. The molecule has 0 aromatic heterocycles. The van der Waals surface area contributed by atoms with Crippen molar-refractivity contribution in [2.24, 2.45) is 11.8 Å². The molecule has 0 unspecified atom stereocenters. The zero-order valence-electron chi connectivity index (χ0n) is 16.8. The molecule has 0 saturated heterocycles. The van der Waals surface area contributed by atoms with E-state index in [9.17, 15) is 4.79 Å². The number of nitrogens with zero attached hydrogens (tertiary/aromatic N) is 1. The Morgan fingerprint density at radius 2 is 1.77 bits per heavy atom. The summed E-state index contributed by atoms with van der Waals surface area (Å²) in [5.41, 5.74) is 0.233. The van der Waals surface area contributed by atoms with Crippen molar-refractivity contribution in [3.05, 3.63) is 36.5 Å². The highest BCUT2D eigenvalue weighted by Crippen LogP contribution is 2.31. The number of anilines is 1. The Bertz CT molecular complexity index is 595. The largest absolute Gasteiger partial charge is 0.497 e. The standard InChI is InChI=1S/C22H33NO3/c1-17(18-9-7-6-8-10-18)15-16-23(21(24)26-22(2,3)4)19-11-13-20(25-5)14-12-19/h11-18H,6-10H2,1-5H3/b16-15-/t17-/m1/s1. The lowest BCUT2D eigenvalue weighted by molar-refractivity contribution is 0.0596. The van der Waals surface area contributed by atoms with Gasteiger partial charge in [-0.25, -0.2) is 4.79 Å². The fourth-order valence-electron chi connectivity index (χ4n) is 3.35. The van der Waals surface area contributed by atoms with Crippen LogP contribution in [-0.4, -0.2) is 18.8 Å². The lowest BCUT2D eigenvalue weighted by atomic mass is 9.81. The van der Waals surface area contributed by atoms with Crippen molar-refractivity contribution in [2.45, 2.75) is 65.4 Å². The van der Waals surface area contributed by atoms with E-state index < -0.39 is 5.60 Å². The maximum Gasteiger partial charge on any atom is 0.418 e. The molecule has 1 fully saturated rings. The Hall–Kier alpha value is -1.97.